The van der Waals surface area contributed by atoms with Gasteiger partial charge in [-0.05, 0) is 26.0 Å². The van der Waals surface area contributed by atoms with Crippen LogP contribution in [0.25, 0.3) is 0 Å². The van der Waals surface area contributed by atoms with Gasteiger partial charge >= 0.3 is 0 Å². The van der Waals surface area contributed by atoms with Crippen LogP contribution in [-0.4, -0.2) is 33.3 Å². The number of aliphatic imine (C=N–C) groups is 2. The van der Waals surface area contributed by atoms with Crippen molar-refractivity contribution in [2.45, 2.75) is 20.4 Å². The maximum atomic E-state index is 12.3. The van der Waals surface area contributed by atoms with Gasteiger partial charge < -0.3 is 9.73 Å². The van der Waals surface area contributed by atoms with E-state index in [4.69, 9.17) is 4.42 Å². The highest BCUT2D eigenvalue weighted by molar-refractivity contribution is 6.27. The first-order valence-corrected chi connectivity index (χ1v) is 7.20. The smallest absolute Gasteiger partial charge is 0.281 e. The van der Waals surface area contributed by atoms with Crippen LogP contribution < -0.4 is 5.32 Å². The van der Waals surface area contributed by atoms with Crippen LogP contribution in [0.1, 0.15) is 28.7 Å². The highest BCUT2D eigenvalue weighted by Gasteiger charge is 2.22. The fraction of sp³-hybridized carbons (Fsp3) is 0.188. The fourth-order valence-corrected chi connectivity index (χ4v) is 2.16. The number of hydrogen-bond donors (Lipinski definition) is 1. The van der Waals surface area contributed by atoms with Crippen LogP contribution in [0.5, 0.6) is 0 Å². The van der Waals surface area contributed by atoms with Crippen molar-refractivity contribution in [3.05, 3.63) is 53.8 Å². The second-order valence-corrected chi connectivity index (χ2v) is 5.21. The zero-order chi connectivity index (χ0) is 17.3. The maximum Gasteiger partial charge on any atom is 0.281 e. The minimum absolute atomic E-state index is 0.118. The minimum Gasteiger partial charge on any atom is -0.467 e. The molecule has 1 aliphatic heterocycles. The van der Waals surface area contributed by atoms with Crippen molar-refractivity contribution in [2.24, 2.45) is 9.98 Å². The molecule has 0 atom stereocenters. The minimum atomic E-state index is -0.462. The van der Waals surface area contributed by atoms with Gasteiger partial charge in [0.05, 0.1) is 41.5 Å². The van der Waals surface area contributed by atoms with E-state index >= 15 is 0 Å². The quantitative estimate of drug-likeness (QED) is 0.863. The van der Waals surface area contributed by atoms with Gasteiger partial charge in [0.1, 0.15) is 5.76 Å². The molecular weight excluding hydrogens is 310 g/mol. The van der Waals surface area contributed by atoms with Crippen LogP contribution in [0.2, 0.25) is 0 Å². The lowest BCUT2D eigenvalue weighted by atomic mass is 10.2. The fourth-order valence-electron chi connectivity index (χ4n) is 2.16. The van der Waals surface area contributed by atoms with Crippen LogP contribution >= 0.6 is 0 Å². The summed E-state index contributed by atoms with van der Waals surface area (Å²) in [5.74, 6) is 0.00101. The summed E-state index contributed by atoms with van der Waals surface area (Å²) in [4.78, 5) is 32.1. The molecule has 2 aromatic rings. The number of hydrogen-bond acceptors (Lipinski definition) is 5. The van der Waals surface area contributed by atoms with Crippen molar-refractivity contribution in [3.8, 4) is 0 Å². The van der Waals surface area contributed by atoms with Crippen molar-refractivity contribution in [2.75, 3.05) is 0 Å². The molecule has 122 valence electrons. The summed E-state index contributed by atoms with van der Waals surface area (Å²) in [6, 6.07) is 3.51. The van der Waals surface area contributed by atoms with E-state index in [9.17, 15) is 9.59 Å². The Morgan fingerprint density at radius 2 is 2.17 bits per heavy atom. The summed E-state index contributed by atoms with van der Waals surface area (Å²) in [5, 5.41) is 6.85. The number of nitrogens with zero attached hydrogens (tertiary/aromatic N) is 4. The van der Waals surface area contributed by atoms with Crippen LogP contribution in [-0.2, 0) is 11.3 Å². The zero-order valence-electron chi connectivity index (χ0n) is 13.2. The number of carbonyl (C=O) groups excluding carboxylic acids is 2. The van der Waals surface area contributed by atoms with Gasteiger partial charge in [0, 0.05) is 0 Å². The summed E-state index contributed by atoms with van der Waals surface area (Å²) in [5.41, 5.74) is 1.63. The van der Waals surface area contributed by atoms with Crippen molar-refractivity contribution in [3.63, 3.8) is 0 Å². The molecule has 0 aliphatic carbocycles. The van der Waals surface area contributed by atoms with Crippen LogP contribution in [0.3, 0.4) is 0 Å². The average molecular weight is 325 g/mol. The van der Waals surface area contributed by atoms with Crippen LogP contribution in [0.4, 0.5) is 0 Å². The Bertz CT molecular complexity index is 887. The summed E-state index contributed by atoms with van der Waals surface area (Å²) >= 11 is 0. The predicted molar refractivity (Wildman–Crippen MR) is 86.9 cm³/mol. The Kier molecular flexibility index (Phi) is 3.95. The van der Waals surface area contributed by atoms with Gasteiger partial charge in [-0.25, -0.2) is 9.67 Å². The number of furan rings is 1. The lowest BCUT2D eigenvalue weighted by molar-refractivity contribution is -0.113. The molecule has 8 nitrogen and oxygen atoms in total. The molecule has 3 rings (SSSR count). The third kappa shape index (κ3) is 2.81. The first-order chi connectivity index (χ1) is 11.5. The van der Waals surface area contributed by atoms with E-state index in [2.05, 4.69) is 27.0 Å². The standard InChI is InChI=1S/C16H15N5O3/c1-9-10(2)19-16(20-14(9)22)21-11(3)13(8-18-21)15(23)17-7-12-5-4-6-24-12/h4-6,8H,1,7H2,2-3H3,(H,17,23). The largest absolute Gasteiger partial charge is 0.467 e. The first-order valence-electron chi connectivity index (χ1n) is 7.20. The number of rotatable bonds is 3. The van der Waals surface area contributed by atoms with E-state index in [0.717, 1.165) is 0 Å². The molecule has 2 amide bonds. The summed E-state index contributed by atoms with van der Waals surface area (Å²) in [7, 11) is 0. The van der Waals surface area contributed by atoms with Crippen molar-refractivity contribution in [1.29, 1.82) is 0 Å². The van der Waals surface area contributed by atoms with Crippen molar-refractivity contribution in [1.82, 2.24) is 15.1 Å². The molecule has 0 fully saturated rings. The number of aromatic nitrogens is 2. The maximum absolute atomic E-state index is 12.3. The summed E-state index contributed by atoms with van der Waals surface area (Å²) in [6.07, 6.45) is 2.95. The van der Waals surface area contributed by atoms with Crippen LogP contribution in [0.15, 0.2) is 51.1 Å². The van der Waals surface area contributed by atoms with Crippen molar-refractivity contribution >= 4 is 23.5 Å². The van der Waals surface area contributed by atoms with E-state index in [-0.39, 0.29) is 24.0 Å². The van der Waals surface area contributed by atoms with E-state index in [1.165, 1.54) is 17.1 Å². The highest BCUT2D eigenvalue weighted by Crippen LogP contribution is 2.12. The molecule has 0 unspecified atom stereocenters. The molecule has 2 aromatic heterocycles. The SMILES string of the molecule is C=C1C(=O)N=C(n2ncc(C(=O)NCc3ccco3)c2C)N=C1C. The van der Waals surface area contributed by atoms with Crippen LogP contribution in [0, 0.1) is 6.92 Å². The van der Waals surface area contributed by atoms with Gasteiger partial charge in [0.15, 0.2) is 0 Å². The molecule has 0 spiro atoms. The van der Waals surface area contributed by atoms with Gasteiger partial charge in [-0.15, -0.1) is 0 Å². The van der Waals surface area contributed by atoms with Gasteiger partial charge in [-0.1, -0.05) is 6.58 Å². The summed E-state index contributed by atoms with van der Waals surface area (Å²) in [6.45, 7) is 7.27. The number of nitrogens with one attached hydrogen (secondary N) is 1. The molecule has 0 bridgehead atoms. The van der Waals surface area contributed by atoms with Gasteiger partial charge in [0.2, 0.25) is 0 Å². The molecule has 0 saturated carbocycles. The predicted octanol–water partition coefficient (Wildman–Crippen LogP) is 1.48. The molecule has 0 saturated heterocycles. The molecule has 24 heavy (non-hydrogen) atoms. The molecular formula is C16H15N5O3. The van der Waals surface area contributed by atoms with Gasteiger partial charge in [-0.2, -0.15) is 10.1 Å². The number of amides is 2. The normalized spacial score (nSPS) is 14.4. The molecule has 1 N–H and O–H groups in total. The molecule has 8 heteroatoms. The third-order valence-corrected chi connectivity index (χ3v) is 3.61. The van der Waals surface area contributed by atoms with E-state index in [1.54, 1.807) is 26.0 Å². The topological polar surface area (TPSA) is 102 Å². The number of carbonyl (C=O) groups is 2. The monoisotopic (exact) mass is 325 g/mol. The van der Waals surface area contributed by atoms with Crippen molar-refractivity contribution < 1.29 is 14.0 Å². The Hall–Kier alpha value is -3.29. The Balaban J connectivity index is 1.81. The molecule has 0 radical (unpaired) electrons. The Morgan fingerprint density at radius 1 is 1.38 bits per heavy atom. The molecule has 1 aliphatic rings. The second-order valence-electron chi connectivity index (χ2n) is 5.21. The molecule has 3 heterocycles. The third-order valence-electron chi connectivity index (χ3n) is 3.61. The Morgan fingerprint density at radius 3 is 2.83 bits per heavy atom. The van der Waals surface area contributed by atoms with E-state index in [1.807, 2.05) is 0 Å². The lowest BCUT2D eigenvalue weighted by Gasteiger charge is -2.11. The van der Waals surface area contributed by atoms with Gasteiger partial charge in [0.25, 0.3) is 17.8 Å². The van der Waals surface area contributed by atoms with Gasteiger partial charge in [-0.3, -0.25) is 9.59 Å². The zero-order valence-corrected chi connectivity index (χ0v) is 13.2. The highest BCUT2D eigenvalue weighted by atomic mass is 16.3. The average Bonchev–Trinajstić information content (AvgIpc) is 3.19. The van der Waals surface area contributed by atoms with E-state index < -0.39 is 5.91 Å². The first kappa shape index (κ1) is 15.6. The second kappa shape index (κ2) is 6.07. The van der Waals surface area contributed by atoms with E-state index in [0.29, 0.717) is 22.7 Å². The summed E-state index contributed by atoms with van der Waals surface area (Å²) < 4.78 is 6.52. The molecule has 0 aromatic carbocycles. The Labute approximate surface area is 137 Å². The lowest BCUT2D eigenvalue weighted by Crippen LogP contribution is -2.25.